The van der Waals surface area contributed by atoms with Crippen LogP contribution in [0.4, 0.5) is 0 Å². The predicted octanol–water partition coefficient (Wildman–Crippen LogP) is 2.24. The van der Waals surface area contributed by atoms with Crippen molar-refractivity contribution in [3.05, 3.63) is 35.2 Å². The van der Waals surface area contributed by atoms with Crippen molar-refractivity contribution in [2.75, 3.05) is 0 Å². The van der Waals surface area contributed by atoms with Crippen LogP contribution in [-0.2, 0) is 0 Å². The first-order valence-electron chi connectivity index (χ1n) is 2.60. The molecule has 0 saturated heterocycles. The van der Waals surface area contributed by atoms with Crippen LogP contribution in [0.1, 0.15) is 6.92 Å². The average molecular weight is 141 g/mol. The van der Waals surface area contributed by atoms with Crippen LogP contribution in [-0.4, -0.2) is 0 Å². The monoisotopic (exact) mass is 141 g/mol. The lowest BCUT2D eigenvalue weighted by Gasteiger charge is -1.95. The lowest BCUT2D eigenvalue weighted by Crippen LogP contribution is -1.87. The van der Waals surface area contributed by atoms with E-state index in [1.54, 1.807) is 0 Å². The van der Waals surface area contributed by atoms with Gasteiger partial charge in [0.05, 0.1) is 5.03 Å². The van der Waals surface area contributed by atoms with Crippen molar-refractivity contribution in [1.29, 1.82) is 0 Å². The zero-order valence-corrected chi connectivity index (χ0v) is 6.37. The maximum absolute atomic E-state index is 5.30. The molecule has 9 heavy (non-hydrogen) atoms. The third-order valence-corrected chi connectivity index (χ3v) is 1.28. The molecule has 0 aliphatic rings. The fraction of sp³-hybridized carbons (Fsp3) is 0.143. The maximum atomic E-state index is 5.30. The van der Waals surface area contributed by atoms with Crippen molar-refractivity contribution in [3.8, 4) is 0 Å². The summed E-state index contributed by atoms with van der Waals surface area (Å²) in [4.78, 5) is 0.921. The zero-order chi connectivity index (χ0) is 7.28. The van der Waals surface area contributed by atoms with Crippen LogP contribution in [0, 0.1) is 0 Å². The lowest BCUT2D eigenvalue weighted by molar-refractivity contribution is 1.58. The molecule has 0 aromatic carbocycles. The van der Waals surface area contributed by atoms with Gasteiger partial charge < -0.3 is 5.73 Å². The van der Waals surface area contributed by atoms with E-state index < -0.39 is 0 Å². The van der Waals surface area contributed by atoms with E-state index in [2.05, 4.69) is 13.2 Å². The van der Waals surface area contributed by atoms with Crippen LogP contribution >= 0.6 is 11.8 Å². The molecule has 0 heterocycles. The van der Waals surface area contributed by atoms with Crippen molar-refractivity contribution in [2.24, 2.45) is 5.73 Å². The summed E-state index contributed by atoms with van der Waals surface area (Å²) in [5.74, 6) is 0. The van der Waals surface area contributed by atoms with Gasteiger partial charge in [-0.05, 0) is 6.92 Å². The van der Waals surface area contributed by atoms with Crippen LogP contribution in [0.15, 0.2) is 35.2 Å². The highest BCUT2D eigenvalue weighted by Gasteiger charge is 1.87. The number of allylic oxidation sites excluding steroid dienone is 2. The molecule has 0 fully saturated rings. The Kier molecular flexibility index (Phi) is 3.97. The highest BCUT2D eigenvalue weighted by molar-refractivity contribution is 8.06. The summed E-state index contributed by atoms with van der Waals surface area (Å²) in [6.07, 6.45) is 3.81. The molecule has 0 radical (unpaired) electrons. The topological polar surface area (TPSA) is 26.0 Å². The first kappa shape index (κ1) is 8.37. The van der Waals surface area contributed by atoms with E-state index in [0.29, 0.717) is 5.03 Å². The minimum absolute atomic E-state index is 0.582. The molecule has 0 aliphatic carbocycles. The molecule has 0 amide bonds. The molecular formula is C7H11NS. The second-order valence-corrected chi connectivity index (χ2v) is 2.79. The van der Waals surface area contributed by atoms with Crippen molar-refractivity contribution in [3.63, 3.8) is 0 Å². The Morgan fingerprint density at radius 2 is 2.11 bits per heavy atom. The standard InChI is InChI=1S/C7H11NS/c1-4-5-6(2)9-7(3)8/h4-5H,2-3,8H2,1H3/b5-4+. The molecule has 0 aliphatic heterocycles. The maximum Gasteiger partial charge on any atom is 0.0630 e. The van der Waals surface area contributed by atoms with Crippen molar-refractivity contribution >= 4 is 11.8 Å². The van der Waals surface area contributed by atoms with Crippen molar-refractivity contribution in [1.82, 2.24) is 0 Å². The number of hydrogen-bond donors (Lipinski definition) is 1. The second kappa shape index (κ2) is 4.27. The minimum atomic E-state index is 0.582. The summed E-state index contributed by atoms with van der Waals surface area (Å²) in [7, 11) is 0. The SMILES string of the molecule is C=C(N)SC(=C)/C=C/C. The highest BCUT2D eigenvalue weighted by Crippen LogP contribution is 2.18. The fourth-order valence-corrected chi connectivity index (χ4v) is 0.929. The van der Waals surface area contributed by atoms with Gasteiger partial charge in [-0.25, -0.2) is 0 Å². The molecule has 0 rings (SSSR count). The van der Waals surface area contributed by atoms with Crippen molar-refractivity contribution in [2.45, 2.75) is 6.92 Å². The molecule has 2 heteroatoms. The lowest BCUT2D eigenvalue weighted by atomic mass is 10.5. The third-order valence-electron chi connectivity index (χ3n) is 0.615. The van der Waals surface area contributed by atoms with Gasteiger partial charge in [0, 0.05) is 4.91 Å². The van der Waals surface area contributed by atoms with Crippen LogP contribution in [0.5, 0.6) is 0 Å². The van der Waals surface area contributed by atoms with E-state index >= 15 is 0 Å². The van der Waals surface area contributed by atoms with E-state index in [1.807, 2.05) is 19.1 Å². The van der Waals surface area contributed by atoms with Crippen LogP contribution in [0.3, 0.4) is 0 Å². The Bertz CT molecular complexity index is 147. The van der Waals surface area contributed by atoms with Crippen molar-refractivity contribution < 1.29 is 0 Å². The van der Waals surface area contributed by atoms with E-state index in [4.69, 9.17) is 5.73 Å². The smallest absolute Gasteiger partial charge is 0.0630 e. The normalized spacial score (nSPS) is 9.89. The number of rotatable bonds is 3. The van der Waals surface area contributed by atoms with Crippen LogP contribution in [0.25, 0.3) is 0 Å². The summed E-state index contributed by atoms with van der Waals surface area (Å²) in [5, 5.41) is 0.582. The van der Waals surface area contributed by atoms with E-state index in [-0.39, 0.29) is 0 Å². The van der Waals surface area contributed by atoms with E-state index in [1.165, 1.54) is 11.8 Å². The molecule has 0 aromatic heterocycles. The number of nitrogens with two attached hydrogens (primary N) is 1. The Morgan fingerprint density at radius 1 is 1.56 bits per heavy atom. The number of hydrogen-bond acceptors (Lipinski definition) is 2. The van der Waals surface area contributed by atoms with Gasteiger partial charge in [-0.1, -0.05) is 37.1 Å². The molecule has 0 bridgehead atoms. The van der Waals surface area contributed by atoms with Gasteiger partial charge in [0.2, 0.25) is 0 Å². The van der Waals surface area contributed by atoms with Gasteiger partial charge in [-0.3, -0.25) is 0 Å². The van der Waals surface area contributed by atoms with Crippen LogP contribution in [0.2, 0.25) is 0 Å². The molecule has 2 N–H and O–H groups in total. The summed E-state index contributed by atoms with van der Waals surface area (Å²) >= 11 is 1.38. The molecule has 0 aromatic rings. The van der Waals surface area contributed by atoms with Gasteiger partial charge >= 0.3 is 0 Å². The van der Waals surface area contributed by atoms with Gasteiger partial charge in [-0.2, -0.15) is 0 Å². The third kappa shape index (κ3) is 5.24. The average Bonchev–Trinajstić information content (AvgIpc) is 1.63. The van der Waals surface area contributed by atoms with Gasteiger partial charge in [-0.15, -0.1) is 0 Å². The number of thioether (sulfide) groups is 1. The van der Waals surface area contributed by atoms with E-state index in [0.717, 1.165) is 4.91 Å². The molecule has 0 atom stereocenters. The van der Waals surface area contributed by atoms with E-state index in [9.17, 15) is 0 Å². The quantitative estimate of drug-likeness (QED) is 0.610. The molecule has 0 unspecified atom stereocenters. The summed E-state index contributed by atoms with van der Waals surface area (Å²) in [5.41, 5.74) is 5.30. The predicted molar refractivity (Wildman–Crippen MR) is 44.9 cm³/mol. The van der Waals surface area contributed by atoms with Gasteiger partial charge in [0.1, 0.15) is 0 Å². The van der Waals surface area contributed by atoms with Crippen LogP contribution < -0.4 is 5.73 Å². The largest absolute Gasteiger partial charge is 0.394 e. The Hall–Kier alpha value is -0.630. The highest BCUT2D eigenvalue weighted by atomic mass is 32.2. The molecule has 0 saturated carbocycles. The summed E-state index contributed by atoms with van der Waals surface area (Å²) in [6.45, 7) is 9.18. The Morgan fingerprint density at radius 3 is 2.44 bits per heavy atom. The first-order valence-corrected chi connectivity index (χ1v) is 3.42. The molecule has 0 spiro atoms. The summed E-state index contributed by atoms with van der Waals surface area (Å²) in [6, 6.07) is 0. The Balaban J connectivity index is 3.64. The minimum Gasteiger partial charge on any atom is -0.394 e. The van der Waals surface area contributed by atoms with Gasteiger partial charge in [0.25, 0.3) is 0 Å². The molecule has 50 valence electrons. The fourth-order valence-electron chi connectivity index (χ4n) is 0.388. The molecular weight excluding hydrogens is 130 g/mol. The zero-order valence-electron chi connectivity index (χ0n) is 5.55. The Labute approximate surface area is 60.3 Å². The second-order valence-electron chi connectivity index (χ2n) is 1.53. The molecule has 1 nitrogen and oxygen atoms in total. The first-order chi connectivity index (χ1) is 4.16. The van der Waals surface area contributed by atoms with Gasteiger partial charge in [0.15, 0.2) is 0 Å². The summed E-state index contributed by atoms with van der Waals surface area (Å²) < 4.78 is 0.